The summed E-state index contributed by atoms with van der Waals surface area (Å²) >= 11 is 0.700. The molecule has 5 heteroatoms. The monoisotopic (exact) mass is 174 g/mol. The van der Waals surface area contributed by atoms with Gasteiger partial charge in [0.2, 0.25) is 6.09 Å². The van der Waals surface area contributed by atoms with Crippen molar-refractivity contribution in [2.75, 3.05) is 0 Å². The number of hydrogen-bond acceptors (Lipinski definition) is 2. The van der Waals surface area contributed by atoms with Crippen LogP contribution < -0.4 is 0 Å². The van der Waals surface area contributed by atoms with E-state index in [4.69, 9.17) is 19.0 Å². The zero-order valence-electron chi connectivity index (χ0n) is 2.67. The van der Waals surface area contributed by atoms with Crippen molar-refractivity contribution in [3.8, 4) is 0 Å². The van der Waals surface area contributed by atoms with E-state index >= 15 is 0 Å². The molecular weight excluding hydrogens is 170 g/mol. The fraction of sp³-hybridized carbons (Fsp3) is 0. The first kappa shape index (κ1) is 9.23. The van der Waals surface area contributed by atoms with Gasteiger partial charge in [0.25, 0.3) is 0 Å². The topological polar surface area (TPSA) is 78.2 Å². The average Bonchev–Trinajstić information content (AvgIpc) is 1.41. The normalized spacial score (nSPS) is 4.67. The molecule has 0 aromatic heterocycles. The molecule has 0 aliphatic heterocycles. The van der Waals surface area contributed by atoms with E-state index < -0.39 is 6.09 Å². The molecule has 0 aliphatic rings. The Bertz CT molecular complexity index is 42.1. The van der Waals surface area contributed by atoms with E-state index in [9.17, 15) is 0 Å². The first-order valence-corrected chi connectivity index (χ1v) is 1.66. The van der Waals surface area contributed by atoms with E-state index in [1.165, 1.54) is 0 Å². The molecule has 0 aromatic carbocycles. The Morgan fingerprint density at radius 1 is 1.67 bits per heavy atom. The molecule has 36 valence electrons. The van der Waals surface area contributed by atoms with Crippen LogP contribution in [0, 0.1) is 0 Å². The van der Waals surface area contributed by atoms with Crippen molar-refractivity contribution in [1.29, 1.82) is 0 Å². The third-order valence-electron chi connectivity index (χ3n) is 0. The molecule has 0 heterocycles. The van der Waals surface area contributed by atoms with Crippen LogP contribution in [0.2, 0.25) is 0 Å². The van der Waals surface area contributed by atoms with Gasteiger partial charge in [-0.1, -0.05) is 0 Å². The van der Waals surface area contributed by atoms with Gasteiger partial charge >= 0.3 is 23.2 Å². The van der Waals surface area contributed by atoms with Crippen molar-refractivity contribution in [3.63, 3.8) is 0 Å². The van der Waals surface area contributed by atoms with Gasteiger partial charge < -0.3 is 10.8 Å². The molecule has 0 spiro atoms. The molecule has 0 aromatic rings. The zero-order valence-corrected chi connectivity index (χ0v) is 4.68. The summed E-state index contributed by atoms with van der Waals surface area (Å²) < 4.78 is 8.26. The van der Waals surface area contributed by atoms with E-state index in [2.05, 4.69) is 0 Å². The van der Waals surface area contributed by atoms with Crippen LogP contribution in [0.1, 0.15) is 0 Å². The van der Waals surface area contributed by atoms with Gasteiger partial charge in [-0.2, -0.15) is 0 Å². The Morgan fingerprint density at radius 3 is 1.67 bits per heavy atom. The van der Waals surface area contributed by atoms with Crippen molar-refractivity contribution in [3.05, 3.63) is 5.73 Å². The summed E-state index contributed by atoms with van der Waals surface area (Å²) in [4.78, 5) is 8.67. The summed E-state index contributed by atoms with van der Waals surface area (Å²) in [7, 11) is 0. The minimum absolute atomic E-state index is 0.700. The Balaban J connectivity index is 0. The van der Waals surface area contributed by atoms with Crippen LogP contribution in [-0.2, 0) is 23.2 Å². The first-order valence-electron chi connectivity index (χ1n) is 0.844. The van der Waals surface area contributed by atoms with Crippen molar-refractivity contribution in [2.45, 2.75) is 0 Å². The Morgan fingerprint density at radius 2 is 1.67 bits per heavy atom. The molecule has 0 rings (SSSR count). The number of nitrogens with one attached hydrogen (secondary N) is 1. The number of amides is 1. The third kappa shape index (κ3) is 490. The third-order valence-corrected chi connectivity index (χ3v) is 0. The Hall–Kier alpha value is -0.242. The molecule has 0 unspecified atom stereocenters. The average molecular weight is 172 g/mol. The van der Waals surface area contributed by atoms with Gasteiger partial charge in [0, 0.05) is 0 Å². The van der Waals surface area contributed by atoms with Gasteiger partial charge in [0.05, 0.1) is 0 Å². The maximum atomic E-state index is 8.67. The van der Waals surface area contributed by atoms with Gasteiger partial charge in [-0.05, 0) is 0 Å². The second kappa shape index (κ2) is 8.83. The minimum atomic E-state index is -1.58. The van der Waals surface area contributed by atoms with E-state index in [1.54, 1.807) is 0 Å². The van der Waals surface area contributed by atoms with Crippen molar-refractivity contribution in [2.24, 2.45) is 0 Å². The van der Waals surface area contributed by atoms with E-state index in [1.807, 2.05) is 0 Å². The summed E-state index contributed by atoms with van der Waals surface area (Å²) in [6.07, 6.45) is -1.58. The zero-order chi connectivity index (χ0) is 5.58. The molecule has 0 radical (unpaired) electrons. The van der Waals surface area contributed by atoms with E-state index in [0.29, 0.717) is 19.8 Å². The predicted octanol–water partition coefficient (Wildman–Crippen LogP) is 0.595. The van der Waals surface area contributed by atoms with Crippen LogP contribution in [0.3, 0.4) is 0 Å². The van der Waals surface area contributed by atoms with Gasteiger partial charge in [-0.3, -0.25) is 4.79 Å². The summed E-state index contributed by atoms with van der Waals surface area (Å²) in [5.74, 6) is 0. The number of rotatable bonds is 0. The molecule has 4 nitrogen and oxygen atoms in total. The molecule has 0 saturated heterocycles. The molecule has 1 amide bonds. The molecule has 0 aliphatic carbocycles. The van der Waals surface area contributed by atoms with Crippen molar-refractivity contribution < 1.29 is 33.1 Å². The van der Waals surface area contributed by atoms with E-state index in [-0.39, 0.29) is 0 Å². The molecule has 6 heavy (non-hydrogen) atoms. The van der Waals surface area contributed by atoms with Gasteiger partial charge in [-0.15, -0.1) is 0 Å². The summed E-state index contributed by atoms with van der Waals surface area (Å²) in [5, 5.41) is 7.08. The second-order valence-electron chi connectivity index (χ2n) is 0.305. The Labute approximate surface area is 45.5 Å². The van der Waals surface area contributed by atoms with Gasteiger partial charge in [-0.25, -0.2) is 0 Å². The summed E-state index contributed by atoms with van der Waals surface area (Å²) in [5.41, 5.74) is 5.50. The van der Waals surface area contributed by atoms with Crippen molar-refractivity contribution >= 4 is 6.09 Å². The van der Waals surface area contributed by atoms with Crippen LogP contribution in [0.4, 0.5) is 4.79 Å². The first-order chi connectivity index (χ1) is 2.73. The van der Waals surface area contributed by atoms with Crippen LogP contribution in [-0.4, -0.2) is 11.2 Å². The predicted molar refractivity (Wildman–Crippen MR) is 13.0 cm³/mol. The molecule has 2 N–H and O–H groups in total. The summed E-state index contributed by atoms with van der Waals surface area (Å²) in [6.45, 7) is 0. The van der Waals surface area contributed by atoms with Crippen LogP contribution in [0.15, 0.2) is 0 Å². The van der Waals surface area contributed by atoms with Crippen molar-refractivity contribution in [1.82, 2.24) is 0 Å². The second-order valence-corrected chi connectivity index (χ2v) is 0.305. The maximum absolute atomic E-state index is 8.67. The number of carbonyl (C=O) groups is 1. The van der Waals surface area contributed by atoms with Gasteiger partial charge in [0.15, 0.2) is 0 Å². The quantitative estimate of drug-likeness (QED) is 0.543. The molecule has 0 saturated carbocycles. The molecule has 0 bridgehead atoms. The Kier molecular flexibility index (Phi) is 13.6. The number of carboxylic acid groups (broad SMARTS) is 1. The van der Waals surface area contributed by atoms with Crippen LogP contribution >= 0.6 is 0 Å². The molecular formula is CH2MoNO3-. The van der Waals surface area contributed by atoms with Crippen LogP contribution in [0.25, 0.3) is 5.73 Å². The molecule has 0 atom stereocenters. The fourth-order valence-electron chi connectivity index (χ4n) is 0. The van der Waals surface area contributed by atoms with Crippen LogP contribution in [0.5, 0.6) is 0 Å². The van der Waals surface area contributed by atoms with Gasteiger partial charge in [0.1, 0.15) is 0 Å². The standard InChI is InChI=1S/CH2NO2.Mo.O/c2-1(3)4;;/h2H,(H,3,4);;/q-1;;. The molecule has 0 fully saturated rings. The fourth-order valence-corrected chi connectivity index (χ4v) is 0. The van der Waals surface area contributed by atoms with E-state index in [0.717, 1.165) is 0 Å². The SMILES string of the molecule is [NH-]C(=O)O.[O]=[Mo]. The number of hydrogen-bond donors (Lipinski definition) is 1. The summed E-state index contributed by atoms with van der Waals surface area (Å²) in [6, 6.07) is 0.